The zero-order valence-corrected chi connectivity index (χ0v) is 14.6. The van der Waals surface area contributed by atoms with Gasteiger partial charge in [-0.1, -0.05) is 24.5 Å². The summed E-state index contributed by atoms with van der Waals surface area (Å²) in [5.74, 6) is 0.742. The van der Waals surface area contributed by atoms with Crippen LogP contribution in [0, 0.1) is 12.8 Å². The van der Waals surface area contributed by atoms with Gasteiger partial charge in [0.15, 0.2) is 0 Å². The van der Waals surface area contributed by atoms with Crippen molar-refractivity contribution in [3.8, 4) is 0 Å². The van der Waals surface area contributed by atoms with Crippen molar-refractivity contribution in [2.24, 2.45) is 5.92 Å². The molecule has 0 saturated heterocycles. The summed E-state index contributed by atoms with van der Waals surface area (Å²) in [6.07, 6.45) is 8.21. The molecule has 24 heavy (non-hydrogen) atoms. The normalized spacial score (nSPS) is 23.7. The SMILES string of the molecule is Cc1ccc2c(c1)c1c3n2CCN(C(=O)C2CCCC2)[C@H]3CCC1. The Balaban J connectivity index is 1.61. The van der Waals surface area contributed by atoms with Crippen LogP contribution in [0.25, 0.3) is 10.9 Å². The molecule has 5 rings (SSSR count). The lowest BCUT2D eigenvalue weighted by Gasteiger charge is -2.41. The predicted molar refractivity (Wildman–Crippen MR) is 96.0 cm³/mol. The zero-order valence-electron chi connectivity index (χ0n) is 14.6. The molecule has 3 heteroatoms. The third-order valence-electron chi connectivity index (χ3n) is 6.52. The zero-order chi connectivity index (χ0) is 16.3. The highest BCUT2D eigenvalue weighted by molar-refractivity contribution is 5.88. The van der Waals surface area contributed by atoms with E-state index in [9.17, 15) is 4.79 Å². The summed E-state index contributed by atoms with van der Waals surface area (Å²) in [6, 6.07) is 7.18. The lowest BCUT2D eigenvalue weighted by molar-refractivity contribution is -0.139. The second-order valence-electron chi connectivity index (χ2n) is 7.96. The fourth-order valence-corrected chi connectivity index (χ4v) is 5.39. The first-order valence-electron chi connectivity index (χ1n) is 9.66. The minimum atomic E-state index is 0.300. The molecule has 0 spiro atoms. The molecule has 0 unspecified atom stereocenters. The highest BCUT2D eigenvalue weighted by atomic mass is 16.2. The minimum Gasteiger partial charge on any atom is -0.341 e. The molecule has 1 amide bonds. The van der Waals surface area contributed by atoms with Gasteiger partial charge in [-0.05, 0) is 56.7 Å². The number of benzene rings is 1. The van der Waals surface area contributed by atoms with Gasteiger partial charge in [-0.25, -0.2) is 0 Å². The van der Waals surface area contributed by atoms with E-state index in [-0.39, 0.29) is 0 Å². The Kier molecular flexibility index (Phi) is 3.26. The molecule has 0 bridgehead atoms. The number of amides is 1. The predicted octanol–water partition coefficient (Wildman–Crippen LogP) is 4.36. The Hall–Kier alpha value is -1.77. The second-order valence-corrected chi connectivity index (χ2v) is 7.96. The van der Waals surface area contributed by atoms with Crippen molar-refractivity contribution in [3.05, 3.63) is 35.0 Å². The number of fused-ring (bicyclic) bond motifs is 3. The van der Waals surface area contributed by atoms with Crippen LogP contribution in [0.3, 0.4) is 0 Å². The number of nitrogens with zero attached hydrogens (tertiary/aromatic N) is 2. The quantitative estimate of drug-likeness (QED) is 0.766. The van der Waals surface area contributed by atoms with Crippen molar-refractivity contribution >= 4 is 16.8 Å². The summed E-state index contributed by atoms with van der Waals surface area (Å²) in [5, 5.41) is 1.44. The monoisotopic (exact) mass is 322 g/mol. The minimum absolute atomic E-state index is 0.300. The highest BCUT2D eigenvalue weighted by Gasteiger charge is 2.39. The molecular weight excluding hydrogens is 296 g/mol. The van der Waals surface area contributed by atoms with Gasteiger partial charge in [0, 0.05) is 35.6 Å². The van der Waals surface area contributed by atoms with Crippen LogP contribution in [0.15, 0.2) is 18.2 Å². The standard InChI is InChI=1S/C21H26N2O/c1-14-9-10-18-17(13-14)16-7-4-8-19-20(16)22(18)11-12-23(19)21(24)15-5-2-3-6-15/h9-10,13,15,19H,2-8,11-12H2,1H3/t19-/m0/s1. The molecule has 1 aliphatic heterocycles. The van der Waals surface area contributed by atoms with E-state index in [4.69, 9.17) is 0 Å². The molecule has 1 saturated carbocycles. The number of carbonyl (C=O) groups excluding carboxylic acids is 1. The molecule has 126 valence electrons. The van der Waals surface area contributed by atoms with E-state index < -0.39 is 0 Å². The van der Waals surface area contributed by atoms with Crippen molar-refractivity contribution in [2.45, 2.75) is 64.5 Å². The molecular formula is C21H26N2O. The van der Waals surface area contributed by atoms with Crippen molar-refractivity contribution in [3.63, 3.8) is 0 Å². The van der Waals surface area contributed by atoms with Gasteiger partial charge in [-0.2, -0.15) is 0 Å². The lowest BCUT2D eigenvalue weighted by Crippen LogP contribution is -2.45. The second kappa shape index (κ2) is 5.37. The maximum atomic E-state index is 13.1. The van der Waals surface area contributed by atoms with Crippen LogP contribution < -0.4 is 0 Å². The first kappa shape index (κ1) is 14.6. The Morgan fingerprint density at radius 2 is 1.92 bits per heavy atom. The molecule has 0 N–H and O–H groups in total. The van der Waals surface area contributed by atoms with Gasteiger partial charge in [0.25, 0.3) is 0 Å². The molecule has 1 aromatic heterocycles. The molecule has 1 aromatic carbocycles. The molecule has 1 atom stereocenters. The van der Waals surface area contributed by atoms with Crippen molar-refractivity contribution in [1.82, 2.24) is 9.47 Å². The van der Waals surface area contributed by atoms with E-state index in [0.717, 1.165) is 32.4 Å². The summed E-state index contributed by atoms with van der Waals surface area (Å²) in [5.41, 5.74) is 5.70. The maximum absolute atomic E-state index is 13.1. The maximum Gasteiger partial charge on any atom is 0.226 e. The fraction of sp³-hybridized carbons (Fsp3) is 0.571. The third kappa shape index (κ3) is 2.00. The summed E-state index contributed by atoms with van der Waals surface area (Å²) < 4.78 is 2.52. The van der Waals surface area contributed by atoms with Gasteiger partial charge in [0.2, 0.25) is 5.91 Å². The molecule has 1 fully saturated rings. The van der Waals surface area contributed by atoms with Crippen LogP contribution in [0.1, 0.15) is 61.4 Å². The van der Waals surface area contributed by atoms with Crippen LogP contribution in [0.2, 0.25) is 0 Å². The molecule has 2 heterocycles. The van der Waals surface area contributed by atoms with Gasteiger partial charge in [0.1, 0.15) is 0 Å². The summed E-state index contributed by atoms with van der Waals surface area (Å²) in [6.45, 7) is 4.03. The number of hydrogen-bond donors (Lipinski definition) is 0. The van der Waals surface area contributed by atoms with E-state index in [0.29, 0.717) is 17.9 Å². The van der Waals surface area contributed by atoms with E-state index in [2.05, 4.69) is 34.6 Å². The van der Waals surface area contributed by atoms with Crippen LogP contribution in [0.4, 0.5) is 0 Å². The first-order valence-corrected chi connectivity index (χ1v) is 9.66. The lowest BCUT2D eigenvalue weighted by atomic mass is 9.88. The molecule has 2 aromatic rings. The van der Waals surface area contributed by atoms with Gasteiger partial charge in [-0.3, -0.25) is 4.79 Å². The van der Waals surface area contributed by atoms with Crippen LogP contribution in [0.5, 0.6) is 0 Å². The van der Waals surface area contributed by atoms with Gasteiger partial charge in [0.05, 0.1) is 6.04 Å². The smallest absolute Gasteiger partial charge is 0.226 e. The Labute approximate surface area is 143 Å². The van der Waals surface area contributed by atoms with Crippen molar-refractivity contribution in [1.29, 1.82) is 0 Å². The van der Waals surface area contributed by atoms with Crippen LogP contribution >= 0.6 is 0 Å². The van der Waals surface area contributed by atoms with Crippen molar-refractivity contribution in [2.75, 3.05) is 6.54 Å². The largest absolute Gasteiger partial charge is 0.341 e. The molecule has 0 radical (unpaired) electrons. The van der Waals surface area contributed by atoms with Gasteiger partial charge >= 0.3 is 0 Å². The van der Waals surface area contributed by atoms with E-state index >= 15 is 0 Å². The topological polar surface area (TPSA) is 25.2 Å². The summed E-state index contributed by atoms with van der Waals surface area (Å²) in [7, 11) is 0. The third-order valence-corrected chi connectivity index (χ3v) is 6.52. The van der Waals surface area contributed by atoms with Crippen LogP contribution in [-0.4, -0.2) is 21.9 Å². The molecule has 3 aliphatic rings. The van der Waals surface area contributed by atoms with Gasteiger partial charge in [-0.15, -0.1) is 0 Å². The average molecular weight is 322 g/mol. The number of aromatic nitrogens is 1. The highest BCUT2D eigenvalue weighted by Crippen LogP contribution is 2.43. The Morgan fingerprint density at radius 1 is 1.08 bits per heavy atom. The molecule has 2 aliphatic carbocycles. The van der Waals surface area contributed by atoms with Crippen molar-refractivity contribution < 1.29 is 4.79 Å². The summed E-state index contributed by atoms with van der Waals surface area (Å²) >= 11 is 0. The Morgan fingerprint density at radius 3 is 2.75 bits per heavy atom. The number of rotatable bonds is 1. The van der Waals surface area contributed by atoms with E-state index in [1.807, 2.05) is 0 Å². The number of aryl methyl sites for hydroxylation is 2. The summed E-state index contributed by atoms with van der Waals surface area (Å²) in [4.78, 5) is 15.4. The first-order chi connectivity index (χ1) is 11.7. The average Bonchev–Trinajstić information content (AvgIpc) is 3.23. The van der Waals surface area contributed by atoms with E-state index in [1.54, 1.807) is 0 Å². The molecule has 3 nitrogen and oxygen atoms in total. The number of carbonyl (C=O) groups is 1. The van der Waals surface area contributed by atoms with Gasteiger partial charge < -0.3 is 9.47 Å². The number of hydrogen-bond acceptors (Lipinski definition) is 1. The van der Waals surface area contributed by atoms with E-state index in [1.165, 1.54) is 53.4 Å². The van der Waals surface area contributed by atoms with Crippen LogP contribution in [-0.2, 0) is 17.8 Å². The Bertz CT molecular complexity index is 813. The fourth-order valence-electron chi connectivity index (χ4n) is 5.39.